The summed E-state index contributed by atoms with van der Waals surface area (Å²) in [4.78, 5) is 26.3. The molecule has 0 aromatic heterocycles. The van der Waals surface area contributed by atoms with Gasteiger partial charge in [-0.3, -0.25) is 4.79 Å². The van der Waals surface area contributed by atoms with Crippen LogP contribution in [-0.4, -0.2) is 50.9 Å². The van der Waals surface area contributed by atoms with E-state index < -0.39 is 29.4 Å². The van der Waals surface area contributed by atoms with Crippen molar-refractivity contribution in [2.75, 3.05) is 6.54 Å². The normalized spacial score (nSPS) is 17.7. The Bertz CT molecular complexity index is 761. The molecule has 1 fully saturated rings. The Morgan fingerprint density at radius 2 is 1.93 bits per heavy atom. The number of unbranched alkanes of at least 4 members (excludes halogenated alkanes) is 1. The second-order valence-corrected chi connectivity index (χ2v) is 8.81. The lowest BCUT2D eigenvalue weighted by Gasteiger charge is -2.39. The molecule has 1 aromatic rings. The molecule has 0 heterocycles. The number of carboxylic acid groups (broad SMARTS) is 1. The van der Waals surface area contributed by atoms with Crippen molar-refractivity contribution in [1.82, 2.24) is 4.90 Å². The first-order valence-corrected chi connectivity index (χ1v) is 11.2. The molecule has 30 heavy (non-hydrogen) atoms. The van der Waals surface area contributed by atoms with Crippen molar-refractivity contribution in [3.63, 3.8) is 0 Å². The van der Waals surface area contributed by atoms with E-state index in [0.717, 1.165) is 32.1 Å². The molecule has 6 nitrogen and oxygen atoms in total. The summed E-state index contributed by atoms with van der Waals surface area (Å²) < 4.78 is 0. The average Bonchev–Trinajstić information content (AvgIpc) is 2.68. The number of nitrogens with zero attached hydrogens (tertiary/aromatic N) is 1. The summed E-state index contributed by atoms with van der Waals surface area (Å²) in [5, 5.41) is 29.8. The van der Waals surface area contributed by atoms with Crippen molar-refractivity contribution in [2.24, 2.45) is 0 Å². The number of hydrogen-bond acceptors (Lipinski definition) is 4. The fraction of sp³-hybridized carbons (Fsp3) is 0.609. The first-order valence-electron chi connectivity index (χ1n) is 10.8. The van der Waals surface area contributed by atoms with Gasteiger partial charge in [0.2, 0.25) is 0 Å². The molecule has 0 saturated heterocycles. The molecule has 0 aliphatic heterocycles. The number of hydrogen-bond donors (Lipinski definition) is 3. The minimum atomic E-state index is -1.22. The van der Waals surface area contributed by atoms with Crippen LogP contribution in [0.2, 0.25) is 5.02 Å². The monoisotopic (exact) mass is 436 g/mol. The molecule has 0 bridgehead atoms. The third kappa shape index (κ3) is 6.05. The maximum Gasteiger partial charge on any atom is 0.407 e. The lowest BCUT2D eigenvalue weighted by atomic mass is 9.70. The minimum Gasteiger partial charge on any atom is -0.465 e. The van der Waals surface area contributed by atoms with E-state index in [9.17, 15) is 19.8 Å². The predicted octanol–water partition coefficient (Wildman–Crippen LogP) is 5.27. The lowest BCUT2D eigenvalue weighted by molar-refractivity contribution is -0.122. The number of ketones is 1. The van der Waals surface area contributed by atoms with Crippen LogP contribution in [0.15, 0.2) is 24.3 Å². The van der Waals surface area contributed by atoms with Crippen LogP contribution in [0.5, 0.6) is 0 Å². The molecule has 7 heteroatoms. The topological polar surface area (TPSA) is 102 Å². The van der Waals surface area contributed by atoms with Gasteiger partial charge in [-0.05, 0) is 43.9 Å². The minimum absolute atomic E-state index is 0.0159. The lowest BCUT2D eigenvalue weighted by Crippen LogP contribution is -2.46. The summed E-state index contributed by atoms with van der Waals surface area (Å²) in [6.45, 7) is 4.07. The molecule has 3 N–H and O–H groups in total. The number of carbonyl (C=O) groups excluding carboxylic acids is 1. The fourth-order valence-corrected chi connectivity index (χ4v) is 4.56. The Hall–Kier alpha value is -1.92. The second kappa shape index (κ2) is 10.9. The van der Waals surface area contributed by atoms with E-state index in [2.05, 4.69) is 0 Å². The SMILES string of the molecule is CCCCN(C(=O)O)[C@@H](C)CC(=N)C(=O)[C@@H](c1cccc(Cl)c1)C1(O)CCCCC1. The van der Waals surface area contributed by atoms with E-state index in [1.807, 2.05) is 6.92 Å². The van der Waals surface area contributed by atoms with Crippen LogP contribution in [0.1, 0.15) is 76.7 Å². The first-order chi connectivity index (χ1) is 14.2. The molecule has 0 radical (unpaired) electrons. The van der Waals surface area contributed by atoms with Gasteiger partial charge in [-0.1, -0.05) is 56.3 Å². The Labute approximate surface area is 183 Å². The Balaban J connectivity index is 2.26. The number of halogens is 1. The molecule has 1 aromatic carbocycles. The zero-order valence-electron chi connectivity index (χ0n) is 17.9. The maximum atomic E-state index is 13.4. The van der Waals surface area contributed by atoms with Crippen molar-refractivity contribution in [2.45, 2.75) is 82.8 Å². The van der Waals surface area contributed by atoms with E-state index >= 15 is 0 Å². The number of amides is 1. The van der Waals surface area contributed by atoms with E-state index in [0.29, 0.717) is 30.0 Å². The van der Waals surface area contributed by atoms with Gasteiger partial charge in [0.25, 0.3) is 0 Å². The van der Waals surface area contributed by atoms with Crippen molar-refractivity contribution in [3.05, 3.63) is 34.9 Å². The average molecular weight is 437 g/mol. The number of nitrogens with one attached hydrogen (secondary N) is 1. The van der Waals surface area contributed by atoms with Crippen LogP contribution in [0.3, 0.4) is 0 Å². The van der Waals surface area contributed by atoms with Gasteiger partial charge >= 0.3 is 6.09 Å². The molecule has 0 spiro atoms. The summed E-state index contributed by atoms with van der Waals surface area (Å²) >= 11 is 6.15. The van der Waals surface area contributed by atoms with E-state index in [4.69, 9.17) is 17.0 Å². The molecule has 166 valence electrons. The quantitative estimate of drug-likeness (QED) is 0.435. The number of aliphatic hydroxyl groups is 1. The zero-order chi connectivity index (χ0) is 22.3. The van der Waals surface area contributed by atoms with Gasteiger partial charge in [-0.15, -0.1) is 0 Å². The maximum absolute atomic E-state index is 13.4. The van der Waals surface area contributed by atoms with Gasteiger partial charge in [0.05, 0.1) is 17.2 Å². The summed E-state index contributed by atoms with van der Waals surface area (Å²) in [5.74, 6) is -1.32. The summed E-state index contributed by atoms with van der Waals surface area (Å²) in [7, 11) is 0. The third-order valence-electron chi connectivity index (χ3n) is 6.03. The molecule has 1 saturated carbocycles. The highest BCUT2D eigenvalue weighted by atomic mass is 35.5. The Morgan fingerprint density at radius 3 is 2.50 bits per heavy atom. The van der Waals surface area contributed by atoms with Gasteiger partial charge in [-0.2, -0.15) is 0 Å². The van der Waals surface area contributed by atoms with Crippen molar-refractivity contribution >= 4 is 29.2 Å². The molecule has 1 aliphatic carbocycles. The van der Waals surface area contributed by atoms with Gasteiger partial charge < -0.3 is 20.5 Å². The van der Waals surface area contributed by atoms with Crippen LogP contribution >= 0.6 is 11.6 Å². The second-order valence-electron chi connectivity index (χ2n) is 8.38. The standard InChI is InChI=1S/C23H33ClN2O4/c1-3-4-13-26(22(28)29)16(2)14-19(25)21(27)20(17-9-8-10-18(24)15-17)23(30)11-6-5-7-12-23/h8-10,15-16,20,25,30H,3-7,11-14H2,1-2H3,(H,28,29)/t16-,20+/m0/s1. The summed E-state index contributed by atoms with van der Waals surface area (Å²) in [6, 6.07) is 6.41. The molecule has 1 amide bonds. The Kier molecular flexibility index (Phi) is 8.86. The molecular weight excluding hydrogens is 404 g/mol. The van der Waals surface area contributed by atoms with Crippen LogP contribution in [-0.2, 0) is 4.79 Å². The highest BCUT2D eigenvalue weighted by molar-refractivity contribution is 6.41. The van der Waals surface area contributed by atoms with Crippen LogP contribution in [0.4, 0.5) is 4.79 Å². The smallest absolute Gasteiger partial charge is 0.407 e. The van der Waals surface area contributed by atoms with E-state index in [-0.39, 0.29) is 12.1 Å². The van der Waals surface area contributed by atoms with Crippen LogP contribution in [0, 0.1) is 5.41 Å². The predicted molar refractivity (Wildman–Crippen MR) is 119 cm³/mol. The molecular formula is C23H33ClN2O4. The fourth-order valence-electron chi connectivity index (χ4n) is 4.36. The number of benzene rings is 1. The van der Waals surface area contributed by atoms with Crippen molar-refractivity contribution in [3.8, 4) is 0 Å². The van der Waals surface area contributed by atoms with Crippen molar-refractivity contribution in [1.29, 1.82) is 5.41 Å². The summed E-state index contributed by atoms with van der Waals surface area (Å²) in [6.07, 6.45) is 4.21. The third-order valence-corrected chi connectivity index (χ3v) is 6.26. The van der Waals surface area contributed by atoms with Gasteiger partial charge in [-0.25, -0.2) is 4.79 Å². The highest BCUT2D eigenvalue weighted by Crippen LogP contribution is 2.41. The molecule has 0 unspecified atom stereocenters. The summed E-state index contributed by atoms with van der Waals surface area (Å²) in [5.41, 5.74) is -0.769. The number of rotatable bonds is 10. The van der Waals surface area contributed by atoms with Gasteiger partial charge in [0.15, 0.2) is 5.78 Å². The number of carbonyl (C=O) groups is 2. The van der Waals surface area contributed by atoms with Crippen LogP contribution in [0.25, 0.3) is 0 Å². The number of Topliss-reactive ketones (excluding diaryl/α,β-unsaturated/α-hetero) is 1. The van der Waals surface area contributed by atoms with E-state index in [1.165, 1.54) is 4.90 Å². The largest absolute Gasteiger partial charge is 0.465 e. The van der Waals surface area contributed by atoms with Gasteiger partial charge in [0.1, 0.15) is 0 Å². The highest BCUT2D eigenvalue weighted by Gasteiger charge is 2.44. The Morgan fingerprint density at radius 1 is 1.27 bits per heavy atom. The van der Waals surface area contributed by atoms with E-state index in [1.54, 1.807) is 31.2 Å². The first kappa shape index (κ1) is 24.4. The van der Waals surface area contributed by atoms with Crippen LogP contribution < -0.4 is 0 Å². The molecule has 1 aliphatic rings. The molecule has 2 rings (SSSR count). The molecule has 2 atom stereocenters. The van der Waals surface area contributed by atoms with Crippen molar-refractivity contribution < 1.29 is 19.8 Å². The van der Waals surface area contributed by atoms with Gasteiger partial charge in [0, 0.05) is 24.0 Å². The zero-order valence-corrected chi connectivity index (χ0v) is 18.6.